The molecule has 0 spiro atoms. The highest BCUT2D eigenvalue weighted by Gasteiger charge is 2.37. The van der Waals surface area contributed by atoms with Gasteiger partial charge in [0.2, 0.25) is 17.7 Å². The molecule has 3 atom stereocenters. The first-order chi connectivity index (χ1) is 22.7. The molecule has 2 fully saturated rings. The summed E-state index contributed by atoms with van der Waals surface area (Å²) < 4.78 is 0. The summed E-state index contributed by atoms with van der Waals surface area (Å²) in [5.41, 5.74) is 18.3. The minimum absolute atomic E-state index is 0.00831. The number of amidine groups is 1. The van der Waals surface area contributed by atoms with E-state index in [1.807, 2.05) is 41.8 Å². The van der Waals surface area contributed by atoms with Crippen LogP contribution >= 0.6 is 11.3 Å². The molecule has 0 aliphatic heterocycles. The summed E-state index contributed by atoms with van der Waals surface area (Å²) >= 11 is 1.55. The maximum absolute atomic E-state index is 14.2. The van der Waals surface area contributed by atoms with E-state index in [4.69, 9.17) is 22.6 Å². The Labute approximate surface area is 282 Å². The van der Waals surface area contributed by atoms with Gasteiger partial charge in [-0.05, 0) is 73.8 Å². The number of nitrogen functional groups attached to an aromatic ring is 1. The van der Waals surface area contributed by atoms with Gasteiger partial charge in [-0.1, -0.05) is 68.9 Å². The zero-order valence-corrected chi connectivity index (χ0v) is 28.2. The maximum Gasteiger partial charge on any atom is 0.243 e. The molecule has 0 saturated heterocycles. The van der Waals surface area contributed by atoms with Crippen LogP contribution in [-0.4, -0.2) is 48.1 Å². The number of guanidine groups is 1. The van der Waals surface area contributed by atoms with Crippen LogP contribution in [-0.2, 0) is 27.3 Å². The molecule has 2 aliphatic carbocycles. The number of carbonyl (C=O) groups excluding carboxylic acids is 3. The first-order valence-corrected chi connectivity index (χ1v) is 18.0. The molecule has 0 bridgehead atoms. The second-order valence-electron chi connectivity index (χ2n) is 13.0. The molecule has 1 aromatic heterocycles. The van der Waals surface area contributed by atoms with Crippen LogP contribution < -0.4 is 33.2 Å². The van der Waals surface area contributed by atoms with E-state index >= 15 is 0 Å². The molecule has 1 heterocycles. The monoisotopic (exact) mass is 664 g/mol. The fraction of sp³-hybridized carbons (Fsp3) is 0.571. The fourth-order valence-corrected chi connectivity index (χ4v) is 7.60. The zero-order chi connectivity index (χ0) is 33.6. The van der Waals surface area contributed by atoms with Gasteiger partial charge in [-0.3, -0.25) is 24.8 Å². The SMILES string of the molecule is N=C(N)c1ccc(CC(C(=O)NC(C(=O)N[C@@H](CCCN=C(N)N)C(=O)NCc2cccs2)C2CCCCC2)C2CCCCC2)cc1. The molecule has 2 aromatic rings. The standard InChI is InChI=1S/C35H52N8O3S/c36-31(37)26-17-15-23(16-18-26)21-28(24-9-3-1-4-10-24)32(44)43-30(25-11-5-2-6-12-25)34(46)42-29(14-7-19-40-35(38)39)33(45)41-22-27-13-8-20-47-27/h8,13,15-18,20,24-25,28-30H,1-7,9-12,14,19,21-22H2,(H3,36,37)(H,41,45)(H,42,46)(H,43,44)(H4,38,39,40)/t28?,29-,30?/m0/s1. The number of hydrogen-bond donors (Lipinski definition) is 7. The van der Waals surface area contributed by atoms with Gasteiger partial charge in [0.05, 0.1) is 6.54 Å². The van der Waals surface area contributed by atoms with Crippen LogP contribution in [0.4, 0.5) is 0 Å². The average Bonchev–Trinajstić information content (AvgIpc) is 3.61. The van der Waals surface area contributed by atoms with Crippen molar-refractivity contribution in [2.75, 3.05) is 6.54 Å². The molecule has 0 radical (unpaired) electrons. The van der Waals surface area contributed by atoms with Crippen molar-refractivity contribution in [1.82, 2.24) is 16.0 Å². The van der Waals surface area contributed by atoms with Crippen molar-refractivity contribution < 1.29 is 14.4 Å². The first-order valence-electron chi connectivity index (χ1n) is 17.1. The Balaban J connectivity index is 1.52. The summed E-state index contributed by atoms with van der Waals surface area (Å²) in [5, 5.41) is 18.9. The summed E-state index contributed by atoms with van der Waals surface area (Å²) in [5.74, 6) is -0.796. The molecular formula is C35H52N8O3S. The molecule has 256 valence electrons. The van der Waals surface area contributed by atoms with E-state index in [0.717, 1.165) is 68.2 Å². The molecule has 2 aliphatic rings. The van der Waals surface area contributed by atoms with E-state index in [1.54, 1.807) is 11.3 Å². The topological polar surface area (TPSA) is 202 Å². The Morgan fingerprint density at radius 1 is 0.851 bits per heavy atom. The maximum atomic E-state index is 14.2. The van der Waals surface area contributed by atoms with Crippen LogP contribution in [0.25, 0.3) is 0 Å². The number of nitrogens with one attached hydrogen (secondary N) is 4. The number of hydrogen-bond acceptors (Lipinski definition) is 6. The molecule has 4 rings (SSSR count). The predicted molar refractivity (Wildman–Crippen MR) is 188 cm³/mol. The van der Waals surface area contributed by atoms with Crippen LogP contribution in [0.2, 0.25) is 0 Å². The number of aliphatic imine (C=N–C) groups is 1. The lowest BCUT2D eigenvalue weighted by atomic mass is 9.76. The smallest absolute Gasteiger partial charge is 0.243 e. The van der Waals surface area contributed by atoms with Crippen molar-refractivity contribution in [1.29, 1.82) is 5.41 Å². The van der Waals surface area contributed by atoms with Gasteiger partial charge in [0, 0.05) is 22.9 Å². The van der Waals surface area contributed by atoms with Gasteiger partial charge in [-0.2, -0.15) is 0 Å². The third kappa shape index (κ3) is 11.4. The van der Waals surface area contributed by atoms with Crippen molar-refractivity contribution in [3.8, 4) is 0 Å². The predicted octanol–water partition coefficient (Wildman–Crippen LogP) is 3.69. The Morgan fingerprint density at radius 3 is 2.11 bits per heavy atom. The Morgan fingerprint density at radius 2 is 1.51 bits per heavy atom. The van der Waals surface area contributed by atoms with E-state index in [1.165, 1.54) is 6.42 Å². The van der Waals surface area contributed by atoms with E-state index < -0.39 is 12.1 Å². The summed E-state index contributed by atoms with van der Waals surface area (Å²) in [4.78, 5) is 46.8. The van der Waals surface area contributed by atoms with Crippen LogP contribution in [0.3, 0.4) is 0 Å². The second-order valence-corrected chi connectivity index (χ2v) is 14.0. The number of carbonyl (C=O) groups is 3. The van der Waals surface area contributed by atoms with Crippen molar-refractivity contribution >= 4 is 40.9 Å². The average molecular weight is 665 g/mol. The van der Waals surface area contributed by atoms with Crippen LogP contribution in [0.15, 0.2) is 46.8 Å². The molecule has 10 N–H and O–H groups in total. The van der Waals surface area contributed by atoms with Crippen LogP contribution in [0.1, 0.15) is 93.1 Å². The number of thiophene rings is 1. The summed E-state index contributed by atoms with van der Waals surface area (Å²) in [6, 6.07) is 9.87. The van der Waals surface area contributed by atoms with Crippen molar-refractivity contribution in [3.63, 3.8) is 0 Å². The van der Waals surface area contributed by atoms with Gasteiger partial charge in [-0.15, -0.1) is 11.3 Å². The van der Waals surface area contributed by atoms with Gasteiger partial charge < -0.3 is 33.2 Å². The van der Waals surface area contributed by atoms with Gasteiger partial charge in [0.1, 0.15) is 17.9 Å². The number of rotatable bonds is 16. The lowest BCUT2D eigenvalue weighted by molar-refractivity contribution is -0.135. The highest BCUT2D eigenvalue weighted by molar-refractivity contribution is 7.09. The number of amides is 3. The summed E-state index contributed by atoms with van der Waals surface area (Å²) in [6.45, 7) is 0.711. The number of benzene rings is 1. The normalized spacial score (nSPS) is 17.5. The summed E-state index contributed by atoms with van der Waals surface area (Å²) in [6.07, 6.45) is 11.5. The van der Waals surface area contributed by atoms with Gasteiger partial charge in [0.25, 0.3) is 0 Å². The fourth-order valence-electron chi connectivity index (χ4n) is 6.95. The molecule has 12 heteroatoms. The lowest BCUT2D eigenvalue weighted by Crippen LogP contribution is -2.57. The Kier molecular flexibility index (Phi) is 14.1. The van der Waals surface area contributed by atoms with Crippen molar-refractivity contribution in [3.05, 3.63) is 57.8 Å². The van der Waals surface area contributed by atoms with E-state index in [2.05, 4.69) is 20.9 Å². The third-order valence-corrected chi connectivity index (χ3v) is 10.4. The molecule has 1 aromatic carbocycles. The molecular weight excluding hydrogens is 613 g/mol. The molecule has 2 saturated carbocycles. The van der Waals surface area contributed by atoms with Crippen molar-refractivity contribution in [2.45, 2.75) is 102 Å². The van der Waals surface area contributed by atoms with Gasteiger partial charge in [-0.25, -0.2) is 0 Å². The molecule has 11 nitrogen and oxygen atoms in total. The van der Waals surface area contributed by atoms with Crippen molar-refractivity contribution in [2.24, 2.45) is 39.9 Å². The lowest BCUT2D eigenvalue weighted by Gasteiger charge is -2.34. The molecule has 3 amide bonds. The number of nitrogens with zero attached hydrogens (tertiary/aromatic N) is 1. The summed E-state index contributed by atoms with van der Waals surface area (Å²) in [7, 11) is 0. The molecule has 2 unspecified atom stereocenters. The van der Waals surface area contributed by atoms with E-state index in [0.29, 0.717) is 37.9 Å². The third-order valence-electron chi connectivity index (χ3n) is 9.57. The quantitative estimate of drug-likeness (QED) is 0.0810. The highest BCUT2D eigenvalue weighted by Crippen LogP contribution is 2.33. The van der Waals surface area contributed by atoms with Gasteiger partial charge in [0.15, 0.2) is 5.96 Å². The molecule has 47 heavy (non-hydrogen) atoms. The highest BCUT2D eigenvalue weighted by atomic mass is 32.1. The Bertz CT molecular complexity index is 1330. The minimum atomic E-state index is -0.798. The largest absolute Gasteiger partial charge is 0.384 e. The Hall–Kier alpha value is -3.93. The van der Waals surface area contributed by atoms with E-state index in [-0.39, 0.29) is 47.3 Å². The number of nitrogens with two attached hydrogens (primary N) is 3. The second kappa shape index (κ2) is 18.4. The zero-order valence-electron chi connectivity index (χ0n) is 27.3. The van der Waals surface area contributed by atoms with Crippen LogP contribution in [0.5, 0.6) is 0 Å². The van der Waals surface area contributed by atoms with Crippen LogP contribution in [0, 0.1) is 23.2 Å². The van der Waals surface area contributed by atoms with E-state index in [9.17, 15) is 14.4 Å². The first kappa shape index (κ1) is 35.9. The van der Waals surface area contributed by atoms with Gasteiger partial charge >= 0.3 is 0 Å². The minimum Gasteiger partial charge on any atom is -0.384 e.